The molecule has 6 aromatic carbocycles. The number of hydrogen-bond acceptors (Lipinski definition) is 14. The van der Waals surface area contributed by atoms with Gasteiger partial charge in [0.2, 0.25) is 0 Å². The van der Waals surface area contributed by atoms with Crippen molar-refractivity contribution in [2.75, 3.05) is 31.0 Å². The fourth-order valence-electron chi connectivity index (χ4n) is 17.4. The second kappa shape index (κ2) is 52.3. The van der Waals surface area contributed by atoms with E-state index in [1.54, 1.807) is 30.3 Å². The van der Waals surface area contributed by atoms with Crippen LogP contribution in [-0.2, 0) is 75.6 Å². The molecule has 4 unspecified atom stereocenters. The maximum absolute atomic E-state index is 13.4. The number of nitrogens with two attached hydrogens (primary N) is 3. The number of carboxylic acids is 1. The summed E-state index contributed by atoms with van der Waals surface area (Å²) in [5.41, 5.74) is 27.7. The van der Waals surface area contributed by atoms with Crippen molar-refractivity contribution in [3.63, 3.8) is 0 Å². The lowest BCUT2D eigenvalue weighted by atomic mass is 9.83. The molecule has 0 aliphatic heterocycles. The molecule has 0 aromatic heterocycles. The lowest BCUT2D eigenvalue weighted by Gasteiger charge is -2.33. The number of carboxylic acid groups (broad SMARTS) is 1. The van der Waals surface area contributed by atoms with Gasteiger partial charge in [0.25, 0.3) is 27.7 Å². The summed E-state index contributed by atoms with van der Waals surface area (Å²) in [6.07, 6.45) is 29.8. The second-order valence-corrected chi connectivity index (χ2v) is 36.9. The molecule has 668 valence electrons. The van der Waals surface area contributed by atoms with E-state index >= 15 is 0 Å². The van der Waals surface area contributed by atoms with Crippen LogP contribution in [0.1, 0.15) is 294 Å². The number of aryl methyl sites for hydroxylation is 3. The molecule has 0 bridgehead atoms. The van der Waals surface area contributed by atoms with Crippen molar-refractivity contribution in [2.24, 2.45) is 35.0 Å². The van der Waals surface area contributed by atoms with Crippen LogP contribution in [-0.4, -0.2) is 135 Å². The molecule has 0 heterocycles. The van der Waals surface area contributed by atoms with Crippen LogP contribution in [0.25, 0.3) is 16.8 Å². The van der Waals surface area contributed by atoms with Gasteiger partial charge in [-0.2, -0.15) is 0 Å². The van der Waals surface area contributed by atoms with E-state index < -0.39 is 34.3 Å². The Morgan fingerprint density at radius 2 is 1.08 bits per heavy atom. The number of amides is 3. The molecule has 3 fully saturated rings. The molecule has 0 radical (unpaired) electrons. The Morgan fingerprint density at radius 1 is 0.567 bits per heavy atom. The van der Waals surface area contributed by atoms with Crippen LogP contribution in [0.4, 0.5) is 5.69 Å². The predicted molar refractivity (Wildman–Crippen MR) is 496 cm³/mol. The Balaban J connectivity index is 0.000000284. The third kappa shape index (κ3) is 33.7. The van der Waals surface area contributed by atoms with Gasteiger partial charge < -0.3 is 57.2 Å². The van der Waals surface area contributed by atoms with Crippen molar-refractivity contribution >= 4 is 56.2 Å². The highest BCUT2D eigenvalue weighted by atomic mass is 32.2. The summed E-state index contributed by atoms with van der Waals surface area (Å²) in [4.78, 5) is 53.5. The lowest BCUT2D eigenvalue weighted by molar-refractivity contribution is -0.139. The minimum absolute atomic E-state index is 0. The van der Waals surface area contributed by atoms with Crippen molar-refractivity contribution in [1.29, 1.82) is 0 Å². The zero-order valence-electron chi connectivity index (χ0n) is 72.7. The van der Waals surface area contributed by atoms with E-state index in [1.807, 2.05) is 91.8 Å². The maximum Gasteiger partial charge on any atom is 0.338 e. The van der Waals surface area contributed by atoms with E-state index in [2.05, 4.69) is 120 Å². The second-order valence-electron chi connectivity index (χ2n) is 35.2. The van der Waals surface area contributed by atoms with Gasteiger partial charge >= 0.3 is 5.97 Å². The molecule has 0 spiro atoms. The van der Waals surface area contributed by atoms with Crippen molar-refractivity contribution in [2.45, 2.75) is 350 Å². The minimum Gasteiger partial charge on any atom is -0.478 e. The molecule has 3 saturated carbocycles. The maximum atomic E-state index is 13.4. The molecule has 120 heavy (non-hydrogen) atoms. The number of carbonyl (C=O) groups excluding carboxylic acids is 3. The molecule has 5 aliphatic carbocycles. The number of anilines is 1. The summed E-state index contributed by atoms with van der Waals surface area (Å²) in [6, 6.07) is 40.7. The Labute approximate surface area is 723 Å². The number of sulfonamides is 1. The summed E-state index contributed by atoms with van der Waals surface area (Å²) < 4.78 is 52.8. The smallest absolute Gasteiger partial charge is 0.338 e. The quantitative estimate of drug-likeness (QED) is 0.0181. The monoisotopic (exact) mass is 1680 g/mol. The van der Waals surface area contributed by atoms with Gasteiger partial charge in [-0.05, 0) is 227 Å². The van der Waals surface area contributed by atoms with Gasteiger partial charge in [-0.15, -0.1) is 0 Å². The highest BCUT2D eigenvalue weighted by Crippen LogP contribution is 2.36. The zero-order valence-corrected chi connectivity index (χ0v) is 73.5. The lowest BCUT2D eigenvalue weighted by Crippen LogP contribution is -2.55. The SMILES string of the molecule is C.C.C.CC(C)OC(C(=O)NC1CCc2ccccc21)[C@H](N)CC1CCCCC1.CC(C)OC(C(=O)NCc1cccc2ccccc12)[C@H](N)CC1CCCCC1.CCN(C/C=C\c1ccccc1S(=O)(=O)Nc1ccc2c(c1C(=O)O)CCCC2)CCOC(C)C.Cc1ccc(CC(C)(C)NC(=O)C(OC(C)C)[C@H](N)CC2CCCCC2)cc1. The fourth-order valence-corrected chi connectivity index (χ4v) is 18.7. The van der Waals surface area contributed by atoms with E-state index in [-0.39, 0.29) is 110 Å². The first kappa shape index (κ1) is 103. The van der Waals surface area contributed by atoms with Gasteiger partial charge in [-0.25, -0.2) is 13.2 Å². The van der Waals surface area contributed by atoms with Gasteiger partial charge in [0.05, 0.1) is 53.2 Å². The van der Waals surface area contributed by atoms with E-state index in [4.69, 9.17) is 36.1 Å². The first-order chi connectivity index (χ1) is 56.0. The van der Waals surface area contributed by atoms with E-state index in [0.717, 1.165) is 93.0 Å². The number of rotatable bonds is 36. The van der Waals surface area contributed by atoms with Crippen molar-refractivity contribution in [1.82, 2.24) is 20.9 Å². The van der Waals surface area contributed by atoms with Gasteiger partial charge in [-0.1, -0.05) is 258 Å². The number of carbonyl (C=O) groups is 4. The van der Waals surface area contributed by atoms with Gasteiger partial charge in [0.1, 0.15) is 0 Å². The van der Waals surface area contributed by atoms with E-state index in [0.29, 0.717) is 49.4 Å². The minimum atomic E-state index is -4.00. The highest BCUT2D eigenvalue weighted by molar-refractivity contribution is 7.92. The largest absolute Gasteiger partial charge is 0.478 e. The van der Waals surface area contributed by atoms with Crippen LogP contribution in [0.15, 0.2) is 138 Å². The van der Waals surface area contributed by atoms with E-state index in [1.165, 1.54) is 130 Å². The molecular weight excluding hydrogens is 1520 g/mol. The third-order valence-electron chi connectivity index (χ3n) is 23.4. The first-order valence-electron chi connectivity index (χ1n) is 44.2. The molecule has 6 aromatic rings. The van der Waals surface area contributed by atoms with Crippen molar-refractivity contribution < 1.29 is 51.6 Å². The number of fused-ring (bicyclic) bond motifs is 3. The van der Waals surface area contributed by atoms with Crippen LogP contribution in [0.5, 0.6) is 0 Å². The van der Waals surface area contributed by atoms with Crippen molar-refractivity contribution in [3.05, 3.63) is 184 Å². The van der Waals surface area contributed by atoms with Crippen LogP contribution in [0.3, 0.4) is 0 Å². The summed E-state index contributed by atoms with van der Waals surface area (Å²) in [5, 5.41) is 21.7. The number of ether oxygens (including phenoxy) is 4. The fraction of sp³-hybridized carbons (Fsp3) is 0.600. The summed E-state index contributed by atoms with van der Waals surface area (Å²) >= 11 is 0. The first-order valence-corrected chi connectivity index (χ1v) is 45.7. The molecule has 20 heteroatoms. The van der Waals surface area contributed by atoms with Crippen molar-refractivity contribution in [3.8, 4) is 0 Å². The van der Waals surface area contributed by atoms with Crippen LogP contribution in [0, 0.1) is 24.7 Å². The average molecular weight is 1680 g/mol. The number of benzene rings is 6. The van der Waals surface area contributed by atoms with Crippen LogP contribution in [0.2, 0.25) is 0 Å². The molecule has 11 N–H and O–H groups in total. The summed E-state index contributed by atoms with van der Waals surface area (Å²) in [5.74, 6) is 0.513. The summed E-state index contributed by atoms with van der Waals surface area (Å²) in [6.45, 7) is 27.5. The molecule has 7 atom stereocenters. The third-order valence-corrected chi connectivity index (χ3v) is 24.8. The Bertz CT molecular complexity index is 4160. The number of likely N-dealkylation sites (N-methyl/N-ethyl adjacent to an activating group) is 1. The van der Waals surface area contributed by atoms with Crippen LogP contribution >= 0.6 is 0 Å². The molecule has 0 saturated heterocycles. The molecule has 19 nitrogen and oxygen atoms in total. The summed E-state index contributed by atoms with van der Waals surface area (Å²) in [7, 11) is -4.00. The molecule has 3 amide bonds. The normalized spacial score (nSPS) is 17.4. The topological polar surface area (TPSA) is 289 Å². The number of nitrogens with zero attached hydrogens (tertiary/aromatic N) is 1. The highest BCUT2D eigenvalue weighted by Gasteiger charge is 2.37. The van der Waals surface area contributed by atoms with Crippen LogP contribution < -0.4 is 37.9 Å². The average Bonchev–Trinajstić information content (AvgIpc) is 0.928. The van der Waals surface area contributed by atoms with Gasteiger partial charge in [0.15, 0.2) is 18.3 Å². The zero-order chi connectivity index (χ0) is 84.6. The van der Waals surface area contributed by atoms with E-state index in [9.17, 15) is 32.7 Å². The predicted octanol–water partition coefficient (Wildman–Crippen LogP) is 19.7. The Kier molecular flexibility index (Phi) is 45.0. The Hall–Kier alpha value is -7.37. The number of aromatic carboxylic acids is 1. The van der Waals surface area contributed by atoms with Gasteiger partial charge in [-0.3, -0.25) is 24.0 Å². The number of nitrogens with one attached hydrogen (secondary N) is 4. The standard InChI is InChI=1S/C27H36N2O5S.C24H34N2O2.C24H40N2O2.C22H34N2O2.3CH4/c1-4-29(18-19-34-20(2)3)17-9-12-22-11-6-8-14-25(22)35(32,33)28-24-16-15-21-10-5-7-13-23(21)26(24)27(30)31;1-17(2)28-23(22(25)15-18-9-4-3-5-10-18)24(27)26-16-20-13-8-12-19-11-6-7-14-21(19)20;1-17(2)28-22(21(25)15-19-9-7-6-8-10-19)23(27)26-24(4,5)16-20-13-11-18(3)12-14-20;1-15(2)26-21(19(23)14-16-8-4-3-5-9-16)22(25)24-20-13-12-17-10-6-7-11-18(17)20;;;/h6,8-9,11-12,14-16,20,28H,4-5,7,10,13,17-19H2,1-3H3,(H,30,31);6-8,11-14,17-18,22-23H,3-5,9-10,15-16,25H2,1-2H3,(H,26,27);11-14,17,19,21-22H,6-10,15-16,25H2,1-5H3,(H,26,27);6-7,10-11,15-16,19-21H,3-5,8-9,12-14,23H2,1-2H3,(H,24,25);3*1H4/b12-9-;;;;;;/t;22-,23?;21-,22?;19-,20?,21?;;;/m.111.../s1. The molecular formula is C100H156N8O11S. The Morgan fingerprint density at radius 3 is 1.64 bits per heavy atom. The van der Waals surface area contributed by atoms with Gasteiger partial charge in [0, 0.05) is 43.3 Å². The number of hydrogen-bond donors (Lipinski definition) is 8. The molecule has 11 rings (SSSR count). The molecule has 5 aliphatic rings.